The Balaban J connectivity index is 1.30. The second-order valence-corrected chi connectivity index (χ2v) is 10.1. The Morgan fingerprint density at radius 3 is 2.62 bits per heavy atom. The Morgan fingerprint density at radius 2 is 1.85 bits per heavy atom. The molecule has 1 aliphatic heterocycles. The van der Waals surface area contributed by atoms with E-state index in [9.17, 15) is 4.79 Å². The summed E-state index contributed by atoms with van der Waals surface area (Å²) in [5.74, 6) is 2.11. The molecule has 0 bridgehead atoms. The largest absolute Gasteiger partial charge is 0.480 e. The number of rotatable bonds is 4. The van der Waals surface area contributed by atoms with Crippen molar-refractivity contribution < 1.29 is 23.7 Å². The van der Waals surface area contributed by atoms with Crippen molar-refractivity contribution in [3.8, 4) is 28.0 Å². The molecule has 0 saturated carbocycles. The number of fused-ring (bicyclic) bond motifs is 4. The van der Waals surface area contributed by atoms with Crippen molar-refractivity contribution in [2.24, 2.45) is 0 Å². The highest BCUT2D eigenvalue weighted by molar-refractivity contribution is 7.22. The van der Waals surface area contributed by atoms with Crippen LogP contribution >= 0.6 is 11.3 Å². The fourth-order valence-corrected chi connectivity index (χ4v) is 5.42. The molecule has 1 unspecified atom stereocenters. The number of amides is 1. The first kappa shape index (κ1) is 24.7. The minimum absolute atomic E-state index is 0.0288. The van der Waals surface area contributed by atoms with Crippen LogP contribution < -0.4 is 19.1 Å². The first-order valence-electron chi connectivity index (χ1n) is 12.1. The lowest BCUT2D eigenvalue weighted by molar-refractivity contribution is -0.0718. The normalized spacial score (nSPS) is 14.4. The number of methoxy groups -OCH3 is 1. The van der Waals surface area contributed by atoms with E-state index in [4.69, 9.17) is 23.9 Å². The van der Waals surface area contributed by atoms with Crippen molar-refractivity contribution in [2.75, 3.05) is 25.7 Å². The van der Waals surface area contributed by atoms with Crippen molar-refractivity contribution in [2.45, 2.75) is 27.1 Å². The third-order valence-electron chi connectivity index (χ3n) is 6.27. The number of hydrogen-bond donors (Lipinski definition) is 0. The Morgan fingerprint density at radius 1 is 1.05 bits per heavy atom. The molecule has 39 heavy (non-hydrogen) atoms. The molecule has 1 amide bonds. The average Bonchev–Trinajstić information content (AvgIpc) is 3.38. The van der Waals surface area contributed by atoms with E-state index in [0.29, 0.717) is 28.9 Å². The zero-order chi connectivity index (χ0) is 27.3. The summed E-state index contributed by atoms with van der Waals surface area (Å²) >= 11 is 1.49. The Kier molecular flexibility index (Phi) is 6.10. The number of carbonyl (C=O) groups is 1. The predicted molar refractivity (Wildman–Crippen MR) is 146 cm³/mol. The summed E-state index contributed by atoms with van der Waals surface area (Å²) < 4.78 is 23.8. The molecule has 0 fully saturated rings. The van der Waals surface area contributed by atoms with Crippen LogP contribution in [-0.4, -0.2) is 58.1 Å². The van der Waals surface area contributed by atoms with Crippen molar-refractivity contribution in [3.05, 3.63) is 53.7 Å². The Hall–Kier alpha value is -4.58. The number of aromatic nitrogens is 5. The van der Waals surface area contributed by atoms with Gasteiger partial charge in [-0.15, -0.1) is 11.3 Å². The van der Waals surface area contributed by atoms with Crippen LogP contribution in [0.4, 0.5) is 10.5 Å². The molecule has 1 aliphatic rings. The summed E-state index contributed by atoms with van der Waals surface area (Å²) in [5.41, 5.74) is 5.59. The van der Waals surface area contributed by atoms with E-state index in [1.807, 2.05) is 32.0 Å². The van der Waals surface area contributed by atoms with Crippen LogP contribution in [0, 0.1) is 20.8 Å². The molecule has 4 heterocycles. The van der Waals surface area contributed by atoms with Gasteiger partial charge in [-0.2, -0.15) is 0 Å². The molecular formula is C27H24N6O5S. The smallest absolute Gasteiger partial charge is 0.417 e. The Bertz CT molecular complexity index is 1740. The number of aryl methyl sites for hydroxylation is 3. The van der Waals surface area contributed by atoms with Crippen LogP contribution in [0.25, 0.3) is 31.8 Å². The van der Waals surface area contributed by atoms with E-state index < -0.39 is 12.4 Å². The van der Waals surface area contributed by atoms with E-state index in [0.717, 1.165) is 42.9 Å². The van der Waals surface area contributed by atoms with Crippen LogP contribution in [0.3, 0.4) is 0 Å². The number of anilines is 1. The highest BCUT2D eigenvalue weighted by Crippen LogP contribution is 2.46. The molecule has 2 aromatic carbocycles. The molecule has 12 heteroatoms. The van der Waals surface area contributed by atoms with Gasteiger partial charge in [-0.05, 0) is 50.1 Å². The lowest BCUT2D eigenvalue weighted by Crippen LogP contribution is -2.38. The van der Waals surface area contributed by atoms with E-state index >= 15 is 0 Å². The minimum Gasteiger partial charge on any atom is -0.480 e. The monoisotopic (exact) mass is 544 g/mol. The second-order valence-electron chi connectivity index (χ2n) is 9.10. The van der Waals surface area contributed by atoms with Gasteiger partial charge in [0.05, 0.1) is 47.9 Å². The standard InChI is InChI=1S/C27H24N6O5S/c1-13-6-17(23-18(7-13)31-20(35-5)11-30-23)26-32-22-14(2)8-19-24(25(22)39-26)36-12-21(37-19)38-27(34)33(4)16-9-28-15(3)29-10-16/h6-11,21H,12H2,1-5H3. The first-order valence-corrected chi connectivity index (χ1v) is 12.9. The summed E-state index contributed by atoms with van der Waals surface area (Å²) in [6.45, 7) is 5.76. The maximum atomic E-state index is 12.7. The van der Waals surface area contributed by atoms with Gasteiger partial charge in [0.2, 0.25) is 5.88 Å². The van der Waals surface area contributed by atoms with E-state index in [2.05, 4.69) is 19.9 Å². The van der Waals surface area contributed by atoms with Gasteiger partial charge in [0, 0.05) is 12.6 Å². The van der Waals surface area contributed by atoms with Gasteiger partial charge in [-0.25, -0.2) is 29.7 Å². The molecule has 5 aromatic rings. The third-order valence-corrected chi connectivity index (χ3v) is 7.36. The van der Waals surface area contributed by atoms with Gasteiger partial charge in [0.25, 0.3) is 6.29 Å². The maximum absolute atomic E-state index is 12.7. The predicted octanol–water partition coefficient (Wildman–Crippen LogP) is 5.00. The number of carbonyl (C=O) groups excluding carboxylic acids is 1. The zero-order valence-corrected chi connectivity index (χ0v) is 22.7. The number of thiazole rings is 1. The fourth-order valence-electron chi connectivity index (χ4n) is 4.27. The van der Waals surface area contributed by atoms with Gasteiger partial charge in [0.1, 0.15) is 15.5 Å². The fraction of sp³-hybridized carbons (Fsp3) is 0.259. The number of hydrogen-bond acceptors (Lipinski definition) is 11. The van der Waals surface area contributed by atoms with Crippen molar-refractivity contribution in [1.82, 2.24) is 24.9 Å². The molecular weight excluding hydrogens is 520 g/mol. The van der Waals surface area contributed by atoms with Crippen LogP contribution in [-0.2, 0) is 4.74 Å². The van der Waals surface area contributed by atoms with Gasteiger partial charge in [-0.1, -0.05) is 0 Å². The maximum Gasteiger partial charge on any atom is 0.417 e. The van der Waals surface area contributed by atoms with E-state index in [1.165, 1.54) is 16.2 Å². The highest BCUT2D eigenvalue weighted by atomic mass is 32.1. The second kappa shape index (κ2) is 9.62. The van der Waals surface area contributed by atoms with Gasteiger partial charge >= 0.3 is 6.09 Å². The summed E-state index contributed by atoms with van der Waals surface area (Å²) in [6.07, 6.45) is 3.18. The number of ether oxygens (including phenoxy) is 4. The van der Waals surface area contributed by atoms with Crippen LogP contribution in [0.15, 0.2) is 36.8 Å². The summed E-state index contributed by atoms with van der Waals surface area (Å²) in [5, 5.41) is 0.786. The summed E-state index contributed by atoms with van der Waals surface area (Å²) in [6, 6.07) is 5.86. The van der Waals surface area contributed by atoms with Crippen molar-refractivity contribution in [3.63, 3.8) is 0 Å². The molecule has 1 atom stereocenters. The van der Waals surface area contributed by atoms with Gasteiger partial charge < -0.3 is 18.9 Å². The zero-order valence-electron chi connectivity index (χ0n) is 21.9. The quantitative estimate of drug-likeness (QED) is 0.305. The van der Waals surface area contributed by atoms with Crippen LogP contribution in [0.2, 0.25) is 0 Å². The molecule has 0 spiro atoms. The van der Waals surface area contributed by atoms with Crippen LogP contribution in [0.5, 0.6) is 17.4 Å². The van der Waals surface area contributed by atoms with E-state index in [1.54, 1.807) is 39.7 Å². The van der Waals surface area contributed by atoms with E-state index in [-0.39, 0.29) is 6.61 Å². The van der Waals surface area contributed by atoms with Crippen molar-refractivity contribution >= 4 is 44.4 Å². The number of nitrogens with zero attached hydrogens (tertiary/aromatic N) is 6. The first-order chi connectivity index (χ1) is 18.8. The summed E-state index contributed by atoms with van der Waals surface area (Å²) in [4.78, 5) is 36.3. The SMILES string of the molecule is COc1cnc2c(-c3nc4c(C)cc5c(c4s3)OCC(OC(=O)N(C)c3cnc(C)nc3)O5)cc(C)cc2n1. The Labute approximate surface area is 227 Å². The molecule has 198 valence electrons. The van der Waals surface area contributed by atoms with Crippen molar-refractivity contribution in [1.29, 1.82) is 0 Å². The molecule has 0 radical (unpaired) electrons. The average molecular weight is 545 g/mol. The minimum atomic E-state index is -0.922. The lowest BCUT2D eigenvalue weighted by atomic mass is 10.1. The molecule has 6 rings (SSSR count). The molecule has 11 nitrogen and oxygen atoms in total. The summed E-state index contributed by atoms with van der Waals surface area (Å²) in [7, 11) is 3.15. The molecule has 0 saturated heterocycles. The molecule has 3 aromatic heterocycles. The van der Waals surface area contributed by atoms with Gasteiger partial charge in [-0.3, -0.25) is 4.90 Å². The number of benzene rings is 2. The lowest BCUT2D eigenvalue weighted by Gasteiger charge is -2.28. The molecule has 0 aliphatic carbocycles. The topological polar surface area (TPSA) is 122 Å². The highest BCUT2D eigenvalue weighted by Gasteiger charge is 2.30. The van der Waals surface area contributed by atoms with Gasteiger partial charge in [0.15, 0.2) is 18.1 Å². The van der Waals surface area contributed by atoms with Crippen LogP contribution in [0.1, 0.15) is 17.0 Å². The third kappa shape index (κ3) is 4.52. The molecule has 0 N–H and O–H groups in total.